The van der Waals surface area contributed by atoms with Crippen molar-refractivity contribution in [3.63, 3.8) is 0 Å². The summed E-state index contributed by atoms with van der Waals surface area (Å²) in [5.74, 6) is -1.38. The van der Waals surface area contributed by atoms with E-state index in [4.69, 9.17) is 4.74 Å². The quantitative estimate of drug-likeness (QED) is 0.782. The van der Waals surface area contributed by atoms with Gasteiger partial charge in [-0.05, 0) is 31.2 Å². The molecule has 1 aromatic heterocycles. The summed E-state index contributed by atoms with van der Waals surface area (Å²) in [7, 11) is 1.37. The van der Waals surface area contributed by atoms with Crippen LogP contribution in [0, 0.1) is 0 Å². The van der Waals surface area contributed by atoms with Gasteiger partial charge in [-0.3, -0.25) is 10.1 Å². The first-order valence-electron chi connectivity index (χ1n) is 6.70. The van der Waals surface area contributed by atoms with Crippen molar-refractivity contribution in [3.05, 3.63) is 42.5 Å². The Morgan fingerprint density at radius 1 is 1.22 bits per heavy atom. The molecule has 0 bridgehead atoms. The predicted molar refractivity (Wildman–Crippen MR) is 78.8 cm³/mol. The summed E-state index contributed by atoms with van der Waals surface area (Å²) in [6.45, 7) is 1.37. The number of esters is 1. The van der Waals surface area contributed by atoms with E-state index >= 15 is 0 Å². The number of urea groups is 1. The van der Waals surface area contributed by atoms with Gasteiger partial charge in [0.1, 0.15) is 12.7 Å². The Kier molecular flexibility index (Phi) is 5.03. The Morgan fingerprint density at radius 3 is 2.48 bits per heavy atom. The summed E-state index contributed by atoms with van der Waals surface area (Å²) in [4.78, 5) is 38.5. The molecule has 2 N–H and O–H groups in total. The molecule has 0 aliphatic rings. The van der Waals surface area contributed by atoms with Crippen molar-refractivity contribution in [1.29, 1.82) is 0 Å². The highest BCUT2D eigenvalue weighted by Crippen LogP contribution is 2.10. The zero-order chi connectivity index (χ0) is 16.8. The van der Waals surface area contributed by atoms with Gasteiger partial charge < -0.3 is 10.1 Å². The normalized spacial score (nSPS) is 11.4. The van der Waals surface area contributed by atoms with E-state index in [1.54, 1.807) is 24.3 Å². The maximum Gasteiger partial charge on any atom is 0.338 e. The number of amides is 3. The number of benzene rings is 1. The molecule has 0 saturated heterocycles. The molecule has 1 atom stereocenters. The number of aromatic nitrogens is 3. The minimum atomic E-state index is -1.10. The number of nitrogens with one attached hydrogen (secondary N) is 2. The van der Waals surface area contributed by atoms with E-state index in [-0.39, 0.29) is 5.56 Å². The lowest BCUT2D eigenvalue weighted by molar-refractivity contribution is -0.127. The lowest BCUT2D eigenvalue weighted by Crippen LogP contribution is -2.43. The number of hydrogen-bond acceptors (Lipinski definition) is 6. The molecule has 0 saturated carbocycles. The summed E-state index contributed by atoms with van der Waals surface area (Å²) in [5.41, 5.74) is 0.998. The Morgan fingerprint density at radius 2 is 1.91 bits per heavy atom. The fourth-order valence-electron chi connectivity index (χ4n) is 1.65. The van der Waals surface area contributed by atoms with Crippen molar-refractivity contribution >= 4 is 17.9 Å². The molecule has 23 heavy (non-hydrogen) atoms. The highest BCUT2D eigenvalue weighted by molar-refractivity contribution is 5.98. The number of carbonyl (C=O) groups is 3. The zero-order valence-electron chi connectivity index (χ0n) is 12.5. The molecule has 9 heteroatoms. The van der Waals surface area contributed by atoms with Crippen molar-refractivity contribution in [2.24, 2.45) is 0 Å². The van der Waals surface area contributed by atoms with Crippen LogP contribution in [0.1, 0.15) is 17.3 Å². The van der Waals surface area contributed by atoms with Crippen molar-refractivity contribution in [2.45, 2.75) is 13.0 Å². The molecule has 2 rings (SSSR count). The highest BCUT2D eigenvalue weighted by atomic mass is 16.5. The molecule has 9 nitrogen and oxygen atoms in total. The third kappa shape index (κ3) is 4.13. The lowest BCUT2D eigenvalue weighted by Gasteiger charge is -2.12. The van der Waals surface area contributed by atoms with Gasteiger partial charge in [-0.15, -0.1) is 0 Å². The number of ether oxygens (including phenoxy) is 1. The first kappa shape index (κ1) is 16.1. The van der Waals surface area contributed by atoms with Crippen LogP contribution in [0.3, 0.4) is 0 Å². The van der Waals surface area contributed by atoms with Crippen molar-refractivity contribution in [1.82, 2.24) is 25.4 Å². The first-order valence-corrected chi connectivity index (χ1v) is 6.70. The zero-order valence-corrected chi connectivity index (χ0v) is 12.5. The maximum absolute atomic E-state index is 12.0. The summed E-state index contributed by atoms with van der Waals surface area (Å²) in [6.07, 6.45) is 1.82. The molecule has 3 amide bonds. The van der Waals surface area contributed by atoms with Crippen LogP contribution in [0.25, 0.3) is 5.69 Å². The second-order valence-electron chi connectivity index (χ2n) is 4.50. The Bertz CT molecular complexity index is 696. The molecule has 2 aromatic rings. The van der Waals surface area contributed by atoms with Crippen molar-refractivity contribution in [3.8, 4) is 5.69 Å². The number of hydrogen-bond donors (Lipinski definition) is 2. The van der Waals surface area contributed by atoms with Gasteiger partial charge in [-0.2, -0.15) is 5.10 Å². The predicted octanol–water partition coefficient (Wildman–Crippen LogP) is 0.268. The van der Waals surface area contributed by atoms with Gasteiger partial charge >= 0.3 is 12.0 Å². The molecule has 0 fully saturated rings. The molecule has 0 radical (unpaired) electrons. The van der Waals surface area contributed by atoms with Gasteiger partial charge in [-0.1, -0.05) is 0 Å². The number of rotatable bonds is 4. The van der Waals surface area contributed by atoms with Crippen LogP contribution >= 0.6 is 0 Å². The Hall–Kier alpha value is -3.23. The average Bonchev–Trinajstić information content (AvgIpc) is 3.09. The Balaban J connectivity index is 1.98. The third-order valence-electron chi connectivity index (χ3n) is 2.90. The van der Waals surface area contributed by atoms with Crippen LogP contribution in [0.2, 0.25) is 0 Å². The van der Waals surface area contributed by atoms with Crippen molar-refractivity contribution < 1.29 is 19.1 Å². The van der Waals surface area contributed by atoms with Crippen LogP contribution in [-0.4, -0.2) is 45.8 Å². The topological polar surface area (TPSA) is 115 Å². The summed E-state index contributed by atoms with van der Waals surface area (Å²) in [6, 6.07) is 5.75. The monoisotopic (exact) mass is 317 g/mol. The van der Waals surface area contributed by atoms with Gasteiger partial charge in [0.05, 0.1) is 11.3 Å². The van der Waals surface area contributed by atoms with Crippen LogP contribution in [0.4, 0.5) is 4.79 Å². The van der Waals surface area contributed by atoms with E-state index in [2.05, 4.69) is 15.4 Å². The molecule has 1 heterocycles. The van der Waals surface area contributed by atoms with Crippen LogP contribution in [0.5, 0.6) is 0 Å². The number of nitrogens with zero attached hydrogens (tertiary/aromatic N) is 3. The second kappa shape index (κ2) is 7.16. The fourth-order valence-corrected chi connectivity index (χ4v) is 1.65. The third-order valence-corrected chi connectivity index (χ3v) is 2.90. The fraction of sp³-hybridized carbons (Fsp3) is 0.214. The van der Waals surface area contributed by atoms with Gasteiger partial charge in [0.25, 0.3) is 5.91 Å². The number of imide groups is 1. The molecular formula is C14H15N5O4. The smallest absolute Gasteiger partial charge is 0.338 e. The van der Waals surface area contributed by atoms with Gasteiger partial charge in [-0.25, -0.2) is 19.3 Å². The highest BCUT2D eigenvalue weighted by Gasteiger charge is 2.20. The van der Waals surface area contributed by atoms with Gasteiger partial charge in [0.15, 0.2) is 6.10 Å². The number of carbonyl (C=O) groups excluding carboxylic acids is 3. The summed E-state index contributed by atoms with van der Waals surface area (Å²) in [5, 5.41) is 8.23. The SMILES string of the molecule is CNC(=O)NC(=O)[C@@H](C)OC(=O)c1ccc(-n2cncn2)cc1. The van der Waals surface area contributed by atoms with E-state index in [1.807, 2.05) is 5.32 Å². The minimum Gasteiger partial charge on any atom is -0.449 e. The molecule has 1 aromatic carbocycles. The second-order valence-corrected chi connectivity index (χ2v) is 4.50. The molecular weight excluding hydrogens is 302 g/mol. The molecule has 0 spiro atoms. The van der Waals surface area contributed by atoms with Crippen LogP contribution in [0.15, 0.2) is 36.9 Å². The maximum atomic E-state index is 12.0. The van der Waals surface area contributed by atoms with E-state index in [1.165, 1.54) is 31.3 Å². The summed E-state index contributed by atoms with van der Waals surface area (Å²) < 4.78 is 6.54. The molecule has 0 unspecified atom stereocenters. The average molecular weight is 317 g/mol. The van der Waals surface area contributed by atoms with E-state index in [0.29, 0.717) is 0 Å². The summed E-state index contributed by atoms with van der Waals surface area (Å²) >= 11 is 0. The van der Waals surface area contributed by atoms with Gasteiger partial charge in [0.2, 0.25) is 0 Å². The van der Waals surface area contributed by atoms with E-state index < -0.39 is 24.0 Å². The minimum absolute atomic E-state index is 0.272. The molecule has 0 aliphatic carbocycles. The molecule has 0 aliphatic heterocycles. The van der Waals surface area contributed by atoms with Crippen molar-refractivity contribution in [2.75, 3.05) is 7.05 Å². The standard InChI is InChI=1S/C14H15N5O4/c1-9(12(20)18-14(22)15-2)23-13(21)10-3-5-11(6-4-10)19-8-16-7-17-19/h3-9H,1-2H3,(H2,15,18,20,22)/t9-/m1/s1. The van der Waals surface area contributed by atoms with Crippen LogP contribution in [-0.2, 0) is 9.53 Å². The van der Waals surface area contributed by atoms with E-state index in [0.717, 1.165) is 5.69 Å². The molecule has 120 valence electrons. The lowest BCUT2D eigenvalue weighted by atomic mass is 10.2. The first-order chi connectivity index (χ1) is 11.0. The Labute approximate surface area is 131 Å². The van der Waals surface area contributed by atoms with Crippen LogP contribution < -0.4 is 10.6 Å². The van der Waals surface area contributed by atoms with E-state index in [9.17, 15) is 14.4 Å². The van der Waals surface area contributed by atoms with Gasteiger partial charge in [0, 0.05) is 7.05 Å². The largest absolute Gasteiger partial charge is 0.449 e.